The fourth-order valence-electron chi connectivity index (χ4n) is 3.56. The number of carbonyl (C=O) groups excluding carboxylic acids is 1. The molecule has 0 spiro atoms. The van der Waals surface area contributed by atoms with E-state index in [1.165, 1.54) is 6.07 Å². The molecule has 0 fully saturated rings. The predicted octanol–water partition coefficient (Wildman–Crippen LogP) is 5.46. The molecule has 8 heteroatoms. The molecule has 0 aliphatic carbocycles. The van der Waals surface area contributed by atoms with Crippen molar-refractivity contribution in [3.05, 3.63) is 83.6 Å². The molecule has 1 N–H and O–H groups in total. The maximum atomic E-state index is 12.9. The summed E-state index contributed by atoms with van der Waals surface area (Å²) in [5.74, 6) is 0.341. The van der Waals surface area contributed by atoms with Crippen LogP contribution >= 0.6 is 0 Å². The lowest BCUT2D eigenvalue weighted by Crippen LogP contribution is -2.23. The molecule has 0 saturated carbocycles. The van der Waals surface area contributed by atoms with Crippen molar-refractivity contribution < 1.29 is 18.0 Å². The predicted molar refractivity (Wildman–Crippen MR) is 116 cm³/mol. The Labute approximate surface area is 182 Å². The highest BCUT2D eigenvalue weighted by Crippen LogP contribution is 2.29. The minimum atomic E-state index is -4.42. The van der Waals surface area contributed by atoms with Gasteiger partial charge >= 0.3 is 6.18 Å². The Hall–Kier alpha value is -3.68. The Morgan fingerprint density at radius 1 is 1.06 bits per heavy atom. The van der Waals surface area contributed by atoms with Crippen LogP contribution in [0.4, 0.5) is 13.2 Å². The number of pyridine rings is 1. The third-order valence-electron chi connectivity index (χ3n) is 5.04. The largest absolute Gasteiger partial charge is 0.416 e. The van der Waals surface area contributed by atoms with Crippen LogP contribution in [0.2, 0.25) is 0 Å². The van der Waals surface area contributed by atoms with Gasteiger partial charge in [0.2, 0.25) is 0 Å². The van der Waals surface area contributed by atoms with Crippen molar-refractivity contribution in [3.63, 3.8) is 0 Å². The number of amides is 1. The molecule has 1 amide bonds. The zero-order valence-electron chi connectivity index (χ0n) is 17.4. The number of fused-ring (bicyclic) bond motifs is 1. The molecule has 0 aliphatic heterocycles. The number of benzene rings is 2. The van der Waals surface area contributed by atoms with E-state index in [0.717, 1.165) is 41.8 Å². The van der Waals surface area contributed by atoms with Gasteiger partial charge in [0, 0.05) is 30.4 Å². The second-order valence-electron chi connectivity index (χ2n) is 7.39. The summed E-state index contributed by atoms with van der Waals surface area (Å²) in [6.45, 7) is 2.79. The summed E-state index contributed by atoms with van der Waals surface area (Å²) in [7, 11) is 0. The van der Waals surface area contributed by atoms with E-state index in [0.29, 0.717) is 17.0 Å². The van der Waals surface area contributed by atoms with E-state index in [9.17, 15) is 18.0 Å². The number of nitrogens with one attached hydrogen (secondary N) is 1. The van der Waals surface area contributed by atoms with Crippen LogP contribution in [0, 0.1) is 0 Å². The number of hydrogen-bond acceptors (Lipinski definition) is 3. The van der Waals surface area contributed by atoms with Crippen molar-refractivity contribution in [1.82, 2.24) is 19.9 Å². The molecule has 32 heavy (non-hydrogen) atoms. The fourth-order valence-corrected chi connectivity index (χ4v) is 3.56. The van der Waals surface area contributed by atoms with Crippen LogP contribution in [0.5, 0.6) is 0 Å². The van der Waals surface area contributed by atoms with E-state index < -0.39 is 11.7 Å². The zero-order chi connectivity index (χ0) is 22.7. The number of aromatic nitrogens is 3. The number of hydrogen-bond donors (Lipinski definition) is 1. The Morgan fingerprint density at radius 2 is 1.88 bits per heavy atom. The molecule has 4 rings (SSSR count). The van der Waals surface area contributed by atoms with Crippen molar-refractivity contribution in [2.24, 2.45) is 0 Å². The first-order chi connectivity index (χ1) is 15.4. The number of rotatable bonds is 6. The molecule has 2 heterocycles. The van der Waals surface area contributed by atoms with Crippen LogP contribution in [-0.2, 0) is 19.3 Å². The summed E-state index contributed by atoms with van der Waals surface area (Å²) in [5, 5.41) is 2.69. The molecule has 2 aromatic carbocycles. The topological polar surface area (TPSA) is 59.8 Å². The summed E-state index contributed by atoms with van der Waals surface area (Å²) in [4.78, 5) is 21.8. The van der Waals surface area contributed by atoms with Gasteiger partial charge in [0.1, 0.15) is 11.3 Å². The van der Waals surface area contributed by atoms with Gasteiger partial charge in [0.25, 0.3) is 5.91 Å². The monoisotopic (exact) mass is 438 g/mol. The fraction of sp³-hybridized carbons (Fsp3) is 0.208. The van der Waals surface area contributed by atoms with E-state index in [1.807, 2.05) is 22.8 Å². The third kappa shape index (κ3) is 4.49. The standard InChI is InChI=1S/C24H21F3N4O/c1-2-12-31-21(30-20-10-5-11-28-22(20)31)17-7-4-8-18(14-17)23(32)29-15-16-6-3-9-19(13-16)24(25,26)27/h3-11,13-14H,2,12,15H2,1H3,(H,29,32). The second-order valence-corrected chi connectivity index (χ2v) is 7.39. The molecule has 0 unspecified atom stereocenters. The van der Waals surface area contributed by atoms with Crippen molar-refractivity contribution in [1.29, 1.82) is 0 Å². The van der Waals surface area contributed by atoms with Gasteiger partial charge in [-0.05, 0) is 48.4 Å². The van der Waals surface area contributed by atoms with Crippen molar-refractivity contribution >= 4 is 17.1 Å². The molecule has 0 radical (unpaired) electrons. The minimum absolute atomic E-state index is 0.00868. The van der Waals surface area contributed by atoms with Gasteiger partial charge in [-0.15, -0.1) is 0 Å². The van der Waals surface area contributed by atoms with Gasteiger partial charge in [0.05, 0.1) is 5.56 Å². The molecule has 5 nitrogen and oxygen atoms in total. The first-order valence-electron chi connectivity index (χ1n) is 10.2. The summed E-state index contributed by atoms with van der Waals surface area (Å²) in [6, 6.07) is 15.7. The third-order valence-corrected chi connectivity index (χ3v) is 5.04. The number of nitrogens with zero attached hydrogens (tertiary/aromatic N) is 3. The molecule has 0 saturated heterocycles. The Bertz CT molecular complexity index is 1260. The highest BCUT2D eigenvalue weighted by Gasteiger charge is 2.30. The van der Waals surface area contributed by atoms with E-state index in [2.05, 4.69) is 17.2 Å². The van der Waals surface area contributed by atoms with Gasteiger partial charge in [-0.2, -0.15) is 13.2 Å². The Kier molecular flexibility index (Phi) is 5.94. The van der Waals surface area contributed by atoms with Crippen molar-refractivity contribution in [2.75, 3.05) is 0 Å². The minimum Gasteiger partial charge on any atom is -0.348 e. The van der Waals surface area contributed by atoms with Crippen LogP contribution in [0.15, 0.2) is 66.9 Å². The van der Waals surface area contributed by atoms with Gasteiger partial charge in [0.15, 0.2) is 5.65 Å². The number of alkyl halides is 3. The van der Waals surface area contributed by atoms with Crippen LogP contribution in [0.1, 0.15) is 34.8 Å². The molecular weight excluding hydrogens is 417 g/mol. The zero-order valence-corrected chi connectivity index (χ0v) is 17.4. The molecule has 2 aromatic heterocycles. The Morgan fingerprint density at radius 3 is 2.66 bits per heavy atom. The first kappa shape index (κ1) is 21.5. The number of imidazole rings is 1. The van der Waals surface area contributed by atoms with Gasteiger partial charge < -0.3 is 9.88 Å². The normalized spacial score (nSPS) is 11.6. The van der Waals surface area contributed by atoms with E-state index in [-0.39, 0.29) is 12.5 Å². The lowest BCUT2D eigenvalue weighted by molar-refractivity contribution is -0.137. The van der Waals surface area contributed by atoms with Crippen molar-refractivity contribution in [2.45, 2.75) is 32.6 Å². The smallest absolute Gasteiger partial charge is 0.348 e. The average molecular weight is 438 g/mol. The van der Waals surface area contributed by atoms with E-state index in [4.69, 9.17) is 4.98 Å². The maximum Gasteiger partial charge on any atom is 0.416 e. The van der Waals surface area contributed by atoms with Crippen LogP contribution < -0.4 is 5.32 Å². The quantitative estimate of drug-likeness (QED) is 0.435. The van der Waals surface area contributed by atoms with Gasteiger partial charge in [-0.1, -0.05) is 31.2 Å². The highest BCUT2D eigenvalue weighted by atomic mass is 19.4. The molecule has 4 aromatic rings. The van der Waals surface area contributed by atoms with Crippen LogP contribution in [-0.4, -0.2) is 20.4 Å². The average Bonchev–Trinajstić information content (AvgIpc) is 3.16. The SMILES string of the molecule is CCCn1c(-c2cccc(C(=O)NCc3cccc(C(F)(F)F)c3)c2)nc2cccnc21. The Balaban J connectivity index is 1.57. The number of carbonyl (C=O) groups is 1. The van der Waals surface area contributed by atoms with Gasteiger partial charge in [-0.3, -0.25) is 4.79 Å². The highest BCUT2D eigenvalue weighted by molar-refractivity contribution is 5.95. The number of halogens is 3. The van der Waals surface area contributed by atoms with E-state index in [1.54, 1.807) is 30.5 Å². The molecule has 0 aliphatic rings. The lowest BCUT2D eigenvalue weighted by atomic mass is 10.1. The van der Waals surface area contributed by atoms with Crippen molar-refractivity contribution in [3.8, 4) is 11.4 Å². The number of aryl methyl sites for hydroxylation is 1. The maximum absolute atomic E-state index is 12.9. The summed E-state index contributed by atoms with van der Waals surface area (Å²) < 4.78 is 40.7. The van der Waals surface area contributed by atoms with Gasteiger partial charge in [-0.25, -0.2) is 9.97 Å². The molecular formula is C24H21F3N4O. The molecule has 0 bridgehead atoms. The van der Waals surface area contributed by atoms with Crippen LogP contribution in [0.3, 0.4) is 0 Å². The molecule has 164 valence electrons. The summed E-state index contributed by atoms with van der Waals surface area (Å²) in [6.07, 6.45) is -1.81. The summed E-state index contributed by atoms with van der Waals surface area (Å²) >= 11 is 0. The molecule has 0 atom stereocenters. The van der Waals surface area contributed by atoms with E-state index >= 15 is 0 Å². The second kappa shape index (κ2) is 8.82. The lowest BCUT2D eigenvalue weighted by Gasteiger charge is -2.11. The van der Waals surface area contributed by atoms with Crippen LogP contribution in [0.25, 0.3) is 22.6 Å². The summed E-state index contributed by atoms with van der Waals surface area (Å²) in [5.41, 5.74) is 2.36. The first-order valence-corrected chi connectivity index (χ1v) is 10.2.